The Morgan fingerprint density at radius 3 is 2.67 bits per heavy atom. The normalized spacial score (nSPS) is 11.7. The van der Waals surface area contributed by atoms with Crippen molar-refractivity contribution in [3.8, 4) is 0 Å². The Morgan fingerprint density at radius 2 is 2.13 bits per heavy atom. The monoisotopic (exact) mass is 346 g/mol. The first-order valence-corrected chi connectivity index (χ1v) is 6.39. The molecule has 0 aliphatic carbocycles. The molecule has 1 rings (SSSR count). The predicted molar refractivity (Wildman–Crippen MR) is 60.3 cm³/mol. The standard InChI is InChI=1S/C8H8FIO4S/c9-7-2-1-3-8(10)6(7)4-5-14-15(11,12)13/h1-3H,4-5H2,(H,11,12,13). The minimum atomic E-state index is -4.44. The van der Waals surface area contributed by atoms with Crippen molar-refractivity contribution >= 4 is 33.0 Å². The minimum absolute atomic E-state index is 0.0880. The predicted octanol–water partition coefficient (Wildman–Crippen LogP) is 1.79. The SMILES string of the molecule is O=S(=O)(O)OCCc1c(F)cccc1I. The molecule has 0 heterocycles. The number of hydrogen-bond acceptors (Lipinski definition) is 3. The molecular formula is C8H8FIO4S. The molecule has 15 heavy (non-hydrogen) atoms. The number of halogens is 2. The lowest BCUT2D eigenvalue weighted by molar-refractivity contribution is 0.270. The highest BCUT2D eigenvalue weighted by atomic mass is 127. The Labute approximate surface area is 101 Å². The van der Waals surface area contributed by atoms with Gasteiger partial charge in [0.2, 0.25) is 0 Å². The molecule has 0 atom stereocenters. The maximum atomic E-state index is 13.2. The summed E-state index contributed by atoms with van der Waals surface area (Å²) in [5, 5.41) is 0. The summed E-state index contributed by atoms with van der Waals surface area (Å²) in [6.45, 7) is -0.282. The van der Waals surface area contributed by atoms with Crippen LogP contribution in [-0.2, 0) is 21.0 Å². The summed E-state index contributed by atoms with van der Waals surface area (Å²) in [5.41, 5.74) is 0.377. The first-order valence-electron chi connectivity index (χ1n) is 3.95. The third-order valence-electron chi connectivity index (χ3n) is 1.65. The van der Waals surface area contributed by atoms with Gasteiger partial charge < -0.3 is 0 Å². The molecule has 0 bridgehead atoms. The van der Waals surface area contributed by atoms with Crippen LogP contribution < -0.4 is 0 Å². The molecular weight excluding hydrogens is 338 g/mol. The zero-order valence-electron chi connectivity index (χ0n) is 7.48. The molecule has 0 radical (unpaired) electrons. The molecule has 0 amide bonds. The van der Waals surface area contributed by atoms with Gasteiger partial charge in [-0.05, 0) is 34.7 Å². The van der Waals surface area contributed by atoms with Crippen molar-refractivity contribution < 1.29 is 21.5 Å². The van der Waals surface area contributed by atoms with E-state index in [2.05, 4.69) is 4.18 Å². The van der Waals surface area contributed by atoms with Gasteiger partial charge in [0.05, 0.1) is 6.61 Å². The van der Waals surface area contributed by atoms with Crippen LogP contribution in [0.3, 0.4) is 0 Å². The average molecular weight is 346 g/mol. The molecule has 1 aromatic carbocycles. The lowest BCUT2D eigenvalue weighted by Crippen LogP contribution is -2.08. The van der Waals surface area contributed by atoms with Gasteiger partial charge in [-0.1, -0.05) is 6.07 Å². The second-order valence-electron chi connectivity index (χ2n) is 2.70. The van der Waals surface area contributed by atoms with Crippen LogP contribution in [0.15, 0.2) is 18.2 Å². The summed E-state index contributed by atoms with van der Waals surface area (Å²) in [4.78, 5) is 0. The molecule has 0 aliphatic rings. The lowest BCUT2D eigenvalue weighted by atomic mass is 10.1. The van der Waals surface area contributed by atoms with Gasteiger partial charge in [-0.2, -0.15) is 8.42 Å². The zero-order chi connectivity index (χ0) is 11.5. The van der Waals surface area contributed by atoms with Gasteiger partial charge >= 0.3 is 10.4 Å². The molecule has 7 heteroatoms. The van der Waals surface area contributed by atoms with E-state index in [1.54, 1.807) is 12.1 Å². The van der Waals surface area contributed by atoms with Crippen molar-refractivity contribution in [1.29, 1.82) is 0 Å². The molecule has 1 aromatic rings. The first kappa shape index (κ1) is 12.8. The van der Waals surface area contributed by atoms with Crippen LogP contribution >= 0.6 is 22.6 Å². The van der Waals surface area contributed by atoms with Crippen LogP contribution in [0.2, 0.25) is 0 Å². The van der Waals surface area contributed by atoms with Gasteiger partial charge in [-0.25, -0.2) is 8.57 Å². The van der Waals surface area contributed by atoms with Crippen LogP contribution in [0.25, 0.3) is 0 Å². The zero-order valence-corrected chi connectivity index (χ0v) is 10.5. The van der Waals surface area contributed by atoms with Crippen molar-refractivity contribution in [3.63, 3.8) is 0 Å². The third-order valence-corrected chi connectivity index (χ3v) is 3.12. The fraction of sp³-hybridized carbons (Fsp3) is 0.250. The fourth-order valence-electron chi connectivity index (χ4n) is 1.02. The van der Waals surface area contributed by atoms with Crippen molar-refractivity contribution in [2.45, 2.75) is 6.42 Å². The first-order chi connectivity index (χ1) is 6.90. The smallest absolute Gasteiger partial charge is 0.264 e. The Balaban J connectivity index is 2.66. The van der Waals surface area contributed by atoms with Gasteiger partial charge in [0, 0.05) is 15.6 Å². The van der Waals surface area contributed by atoms with Gasteiger partial charge in [0.25, 0.3) is 0 Å². The molecule has 0 aromatic heterocycles. The summed E-state index contributed by atoms with van der Waals surface area (Å²) >= 11 is 1.94. The number of hydrogen-bond donors (Lipinski definition) is 1. The van der Waals surface area contributed by atoms with E-state index >= 15 is 0 Å². The summed E-state index contributed by atoms with van der Waals surface area (Å²) in [6, 6.07) is 4.54. The minimum Gasteiger partial charge on any atom is -0.264 e. The molecule has 0 spiro atoms. The fourth-order valence-corrected chi connectivity index (χ4v) is 2.05. The van der Waals surface area contributed by atoms with Crippen molar-refractivity contribution in [2.75, 3.05) is 6.61 Å². The quantitative estimate of drug-likeness (QED) is 0.667. The summed E-state index contributed by atoms with van der Waals surface area (Å²) in [5.74, 6) is -0.416. The Bertz CT molecular complexity index is 426. The molecule has 0 saturated carbocycles. The van der Waals surface area contributed by atoms with E-state index in [1.165, 1.54) is 6.07 Å². The topological polar surface area (TPSA) is 63.6 Å². The highest BCUT2D eigenvalue weighted by molar-refractivity contribution is 14.1. The molecule has 1 N–H and O–H groups in total. The van der Waals surface area contributed by atoms with Gasteiger partial charge in [0.15, 0.2) is 0 Å². The van der Waals surface area contributed by atoms with E-state index in [0.29, 0.717) is 9.13 Å². The van der Waals surface area contributed by atoms with Crippen LogP contribution in [0.4, 0.5) is 4.39 Å². The molecule has 0 aliphatic heterocycles. The highest BCUT2D eigenvalue weighted by Gasteiger charge is 2.09. The molecule has 0 saturated heterocycles. The van der Waals surface area contributed by atoms with Gasteiger partial charge in [-0.3, -0.25) is 4.55 Å². The summed E-state index contributed by atoms with van der Waals surface area (Å²) < 4.78 is 46.7. The second kappa shape index (κ2) is 5.19. The molecule has 4 nitrogen and oxygen atoms in total. The summed E-state index contributed by atoms with van der Waals surface area (Å²) in [6.07, 6.45) is 0.0880. The van der Waals surface area contributed by atoms with E-state index in [0.717, 1.165) is 0 Å². The van der Waals surface area contributed by atoms with Crippen LogP contribution in [0.5, 0.6) is 0 Å². The van der Waals surface area contributed by atoms with Crippen LogP contribution in [-0.4, -0.2) is 19.6 Å². The Morgan fingerprint density at radius 1 is 1.47 bits per heavy atom. The van der Waals surface area contributed by atoms with Crippen molar-refractivity contribution in [2.24, 2.45) is 0 Å². The average Bonchev–Trinajstić information content (AvgIpc) is 2.08. The van der Waals surface area contributed by atoms with E-state index in [-0.39, 0.29) is 13.0 Å². The second-order valence-corrected chi connectivity index (χ2v) is 4.95. The Hall–Kier alpha value is -0.250. The highest BCUT2D eigenvalue weighted by Crippen LogP contribution is 2.16. The van der Waals surface area contributed by atoms with E-state index < -0.39 is 16.2 Å². The van der Waals surface area contributed by atoms with Crippen molar-refractivity contribution in [1.82, 2.24) is 0 Å². The van der Waals surface area contributed by atoms with Gasteiger partial charge in [0.1, 0.15) is 5.82 Å². The lowest BCUT2D eigenvalue weighted by Gasteiger charge is -2.05. The van der Waals surface area contributed by atoms with Crippen LogP contribution in [0.1, 0.15) is 5.56 Å². The largest absolute Gasteiger partial charge is 0.397 e. The maximum absolute atomic E-state index is 13.2. The molecule has 0 unspecified atom stereocenters. The van der Waals surface area contributed by atoms with E-state index in [1.807, 2.05) is 22.6 Å². The van der Waals surface area contributed by atoms with E-state index in [9.17, 15) is 12.8 Å². The Kier molecular flexibility index (Phi) is 4.44. The van der Waals surface area contributed by atoms with E-state index in [4.69, 9.17) is 4.55 Å². The number of rotatable bonds is 4. The molecule has 0 fully saturated rings. The third kappa shape index (κ3) is 4.41. The number of benzene rings is 1. The van der Waals surface area contributed by atoms with Crippen LogP contribution in [0, 0.1) is 9.39 Å². The maximum Gasteiger partial charge on any atom is 0.397 e. The van der Waals surface area contributed by atoms with Gasteiger partial charge in [-0.15, -0.1) is 0 Å². The molecule has 84 valence electrons. The van der Waals surface area contributed by atoms with Crippen molar-refractivity contribution in [3.05, 3.63) is 33.1 Å². The summed E-state index contributed by atoms with van der Waals surface area (Å²) in [7, 11) is -4.44.